The fourth-order valence-electron chi connectivity index (χ4n) is 1.08. The zero-order valence-electron chi connectivity index (χ0n) is 10.7. The normalized spacial score (nSPS) is 15.8. The van der Waals surface area contributed by atoms with E-state index in [1.807, 2.05) is 0 Å². The predicted molar refractivity (Wildman–Crippen MR) is 65.0 cm³/mol. The summed E-state index contributed by atoms with van der Waals surface area (Å²) < 4.78 is 25.5. The zero-order chi connectivity index (χ0) is 14.0. The van der Waals surface area contributed by atoms with Crippen molar-refractivity contribution in [1.82, 2.24) is 0 Å². The SMILES string of the molecule is NC(=S)Nc1cccc(P(=O)([O-])OP(=O)([O-])O)c1.[Na+].[Na+]. The Morgan fingerprint density at radius 1 is 1.35 bits per heavy atom. The molecule has 0 bridgehead atoms. The van der Waals surface area contributed by atoms with Crippen molar-refractivity contribution in [1.29, 1.82) is 0 Å². The van der Waals surface area contributed by atoms with Crippen LogP contribution in [0.4, 0.5) is 5.69 Å². The molecule has 0 saturated carbocycles. The van der Waals surface area contributed by atoms with E-state index in [4.69, 9.17) is 10.6 Å². The van der Waals surface area contributed by atoms with E-state index in [1.165, 1.54) is 12.1 Å². The molecule has 2 atom stereocenters. The van der Waals surface area contributed by atoms with Crippen LogP contribution >= 0.6 is 27.6 Å². The summed E-state index contributed by atoms with van der Waals surface area (Å²) in [6, 6.07) is 4.92. The zero-order valence-corrected chi connectivity index (χ0v) is 17.3. The summed E-state index contributed by atoms with van der Waals surface area (Å²) in [7, 11) is -10.3. The first-order valence-electron chi connectivity index (χ1n) is 4.33. The number of nitrogens with two attached hydrogens (primary N) is 1. The van der Waals surface area contributed by atoms with Crippen molar-refractivity contribution in [2.24, 2.45) is 5.73 Å². The summed E-state index contributed by atoms with van der Waals surface area (Å²) in [4.78, 5) is 30.3. The molecule has 2 unspecified atom stereocenters. The van der Waals surface area contributed by atoms with E-state index in [2.05, 4.69) is 21.8 Å². The number of nitrogens with one attached hydrogen (secondary N) is 1. The number of anilines is 1. The van der Waals surface area contributed by atoms with Crippen LogP contribution in [0.1, 0.15) is 0 Å². The maximum Gasteiger partial charge on any atom is 1.00 e. The third-order valence-electron chi connectivity index (χ3n) is 1.64. The number of benzene rings is 1. The summed E-state index contributed by atoms with van der Waals surface area (Å²) in [6.45, 7) is 0. The van der Waals surface area contributed by atoms with E-state index in [0.29, 0.717) is 0 Å². The minimum atomic E-state index is -5.39. The molecule has 0 saturated heterocycles. The Bertz CT molecular complexity index is 568. The molecule has 0 aromatic heterocycles. The van der Waals surface area contributed by atoms with E-state index in [9.17, 15) is 18.9 Å². The quantitative estimate of drug-likeness (QED) is 0.272. The van der Waals surface area contributed by atoms with Crippen molar-refractivity contribution in [3.63, 3.8) is 0 Å². The maximum atomic E-state index is 11.5. The number of thiocarbonyl (C=S) groups is 1. The average molecular weight is 356 g/mol. The first-order valence-corrected chi connectivity index (χ1v) is 7.78. The Hall–Kier alpha value is 1.21. The van der Waals surface area contributed by atoms with Gasteiger partial charge in [0.2, 0.25) is 0 Å². The molecule has 0 aliphatic carbocycles. The maximum absolute atomic E-state index is 11.5. The number of hydrogen-bond acceptors (Lipinski definition) is 6. The van der Waals surface area contributed by atoms with Gasteiger partial charge in [-0.3, -0.25) is 8.88 Å². The molecule has 1 rings (SSSR count). The van der Waals surface area contributed by atoms with E-state index in [-0.39, 0.29) is 69.9 Å². The Morgan fingerprint density at radius 3 is 2.35 bits per heavy atom. The van der Waals surface area contributed by atoms with Gasteiger partial charge in [0.15, 0.2) is 12.7 Å². The minimum Gasteiger partial charge on any atom is -0.775 e. The molecule has 1 aromatic rings. The molecule has 0 radical (unpaired) electrons. The second-order valence-corrected chi connectivity index (χ2v) is 6.63. The Morgan fingerprint density at radius 2 is 1.90 bits per heavy atom. The number of phosphoric acid groups is 1. The predicted octanol–water partition coefficient (Wildman–Crippen LogP) is -6.99. The molecule has 100 valence electrons. The summed E-state index contributed by atoms with van der Waals surface area (Å²) in [5.74, 6) is 0. The molecule has 0 heterocycles. The van der Waals surface area contributed by atoms with Crippen LogP contribution < -0.4 is 85.3 Å². The smallest absolute Gasteiger partial charge is 0.775 e. The fraction of sp³-hybridized carbons (Fsp3) is 0. The molecule has 8 nitrogen and oxygen atoms in total. The standard InChI is InChI=1S/C7H10N2O6P2S.2Na/c8-7(18)9-5-2-1-3-6(4-5)16(10,11)15-17(12,13)14;;/h1-4H,(H,10,11)(H3,8,9,18)(H2,12,13,14);;/q;2*+1/p-2. The van der Waals surface area contributed by atoms with Crippen LogP contribution in [0.5, 0.6) is 0 Å². The summed E-state index contributed by atoms with van der Waals surface area (Å²) >= 11 is 4.56. The molecular formula is C7H8N2Na2O6P2S. The molecule has 1 aromatic carbocycles. The van der Waals surface area contributed by atoms with Crippen molar-refractivity contribution < 1.29 is 87.2 Å². The number of rotatable bonds is 4. The molecule has 0 aliphatic heterocycles. The van der Waals surface area contributed by atoms with Gasteiger partial charge in [0.1, 0.15) is 0 Å². The van der Waals surface area contributed by atoms with Gasteiger partial charge >= 0.3 is 59.1 Å². The first-order chi connectivity index (χ1) is 8.10. The molecule has 20 heavy (non-hydrogen) atoms. The van der Waals surface area contributed by atoms with Gasteiger partial charge in [0.05, 0.1) is 0 Å². The molecule has 13 heteroatoms. The topological polar surface area (TPSA) is 148 Å². The Labute approximate surface area is 164 Å². The van der Waals surface area contributed by atoms with Crippen LogP contribution in [-0.4, -0.2) is 10.0 Å². The first kappa shape index (κ1) is 23.5. The van der Waals surface area contributed by atoms with Crippen molar-refractivity contribution >= 4 is 43.7 Å². The fourth-order valence-corrected chi connectivity index (χ4v) is 3.23. The molecular weight excluding hydrogens is 348 g/mol. The molecule has 0 aliphatic rings. The summed E-state index contributed by atoms with van der Waals surface area (Å²) in [5, 5.41) is 1.92. The molecule has 4 N–H and O–H groups in total. The van der Waals surface area contributed by atoms with Crippen LogP contribution in [0.25, 0.3) is 0 Å². The third kappa shape index (κ3) is 8.60. The Kier molecular flexibility index (Phi) is 11.0. The van der Waals surface area contributed by atoms with Gasteiger partial charge in [0, 0.05) is 11.0 Å². The number of hydrogen-bond donors (Lipinski definition) is 3. The van der Waals surface area contributed by atoms with E-state index >= 15 is 0 Å². The second-order valence-electron chi connectivity index (χ2n) is 3.09. The van der Waals surface area contributed by atoms with E-state index < -0.39 is 20.7 Å². The molecule has 0 amide bonds. The van der Waals surface area contributed by atoms with Gasteiger partial charge in [-0.2, -0.15) is 0 Å². The minimum absolute atomic E-state index is 0. The summed E-state index contributed by atoms with van der Waals surface area (Å²) in [5.41, 5.74) is 5.43. The van der Waals surface area contributed by atoms with Crippen LogP contribution in [0, 0.1) is 0 Å². The van der Waals surface area contributed by atoms with Crippen LogP contribution in [-0.2, 0) is 13.4 Å². The molecule has 0 fully saturated rings. The van der Waals surface area contributed by atoms with Crippen molar-refractivity contribution in [2.45, 2.75) is 0 Å². The average Bonchev–Trinajstić information content (AvgIpc) is 2.13. The van der Waals surface area contributed by atoms with E-state index in [1.54, 1.807) is 0 Å². The van der Waals surface area contributed by atoms with Gasteiger partial charge in [-0.1, -0.05) is 12.1 Å². The van der Waals surface area contributed by atoms with Crippen LogP contribution in [0.15, 0.2) is 24.3 Å². The van der Waals surface area contributed by atoms with Gasteiger partial charge in [-0.05, 0) is 24.4 Å². The van der Waals surface area contributed by atoms with Gasteiger partial charge in [-0.15, -0.1) is 0 Å². The van der Waals surface area contributed by atoms with E-state index in [0.717, 1.165) is 12.1 Å². The monoisotopic (exact) mass is 356 g/mol. The van der Waals surface area contributed by atoms with Crippen molar-refractivity contribution in [3.8, 4) is 0 Å². The largest absolute Gasteiger partial charge is 1.00 e. The Balaban J connectivity index is 0. The van der Waals surface area contributed by atoms with Gasteiger partial charge in [0.25, 0.3) is 7.82 Å². The van der Waals surface area contributed by atoms with Crippen LogP contribution in [0.2, 0.25) is 0 Å². The summed E-state index contributed by atoms with van der Waals surface area (Å²) in [6.07, 6.45) is 0. The van der Waals surface area contributed by atoms with Crippen molar-refractivity contribution in [3.05, 3.63) is 24.3 Å². The van der Waals surface area contributed by atoms with Gasteiger partial charge < -0.3 is 30.3 Å². The van der Waals surface area contributed by atoms with Crippen molar-refractivity contribution in [2.75, 3.05) is 5.32 Å². The second kappa shape index (κ2) is 9.37. The van der Waals surface area contributed by atoms with Gasteiger partial charge in [-0.25, -0.2) is 0 Å². The molecule has 0 spiro atoms. The third-order valence-corrected chi connectivity index (χ3v) is 4.34. The van der Waals surface area contributed by atoms with Crippen LogP contribution in [0.3, 0.4) is 0 Å².